The number of nitrogens with one attached hydrogen (secondary N) is 1. The molecule has 1 N–H and O–H groups in total. The van der Waals surface area contributed by atoms with Crippen LogP contribution in [0.3, 0.4) is 0 Å². The molecule has 0 saturated carbocycles. The Labute approximate surface area is 147 Å². The summed E-state index contributed by atoms with van der Waals surface area (Å²) in [7, 11) is -2.06. The summed E-state index contributed by atoms with van der Waals surface area (Å²) in [6.07, 6.45) is 0. The molecule has 0 unspecified atom stereocenters. The molecule has 0 atom stereocenters. The summed E-state index contributed by atoms with van der Waals surface area (Å²) < 4.78 is 39.4. The van der Waals surface area contributed by atoms with Crippen molar-refractivity contribution in [2.75, 3.05) is 12.4 Å². The molecule has 2 aromatic rings. The number of carbonyl (C=O) groups is 1. The number of sulfonamides is 1. The van der Waals surface area contributed by atoms with Gasteiger partial charge in [-0.1, -0.05) is 6.07 Å². The van der Waals surface area contributed by atoms with Gasteiger partial charge in [-0.15, -0.1) is 0 Å². The number of benzene rings is 2. The van der Waals surface area contributed by atoms with E-state index in [4.69, 9.17) is 0 Å². The average molecular weight is 364 g/mol. The summed E-state index contributed by atoms with van der Waals surface area (Å²) in [5.41, 5.74) is 1.31. The number of hydrogen-bond acceptors (Lipinski definition) is 3. The highest BCUT2D eigenvalue weighted by Gasteiger charge is 2.23. The van der Waals surface area contributed by atoms with Crippen LogP contribution in [-0.4, -0.2) is 31.7 Å². The minimum Gasteiger partial charge on any atom is -0.322 e. The van der Waals surface area contributed by atoms with Crippen molar-refractivity contribution in [1.29, 1.82) is 0 Å². The Kier molecular flexibility index (Phi) is 5.59. The van der Waals surface area contributed by atoms with E-state index in [0.717, 1.165) is 0 Å². The van der Waals surface area contributed by atoms with Crippen LogP contribution in [0, 0.1) is 12.7 Å². The van der Waals surface area contributed by atoms with Gasteiger partial charge in [-0.25, -0.2) is 12.8 Å². The SMILES string of the molecule is Cc1ccc(F)cc1C(=O)Nc1ccc(S(=O)(=O)N(C)C(C)C)cc1. The van der Waals surface area contributed by atoms with Crippen LogP contribution in [0.2, 0.25) is 0 Å². The zero-order chi connectivity index (χ0) is 18.8. The van der Waals surface area contributed by atoms with Crippen molar-refractivity contribution in [3.8, 4) is 0 Å². The van der Waals surface area contributed by atoms with Crippen LogP contribution in [0.5, 0.6) is 0 Å². The van der Waals surface area contributed by atoms with Crippen molar-refractivity contribution in [3.05, 3.63) is 59.4 Å². The monoisotopic (exact) mass is 364 g/mol. The highest BCUT2D eigenvalue weighted by molar-refractivity contribution is 7.89. The third kappa shape index (κ3) is 4.24. The number of hydrogen-bond donors (Lipinski definition) is 1. The van der Waals surface area contributed by atoms with Gasteiger partial charge in [0.05, 0.1) is 4.90 Å². The normalized spacial score (nSPS) is 11.8. The maximum atomic E-state index is 13.3. The quantitative estimate of drug-likeness (QED) is 0.884. The van der Waals surface area contributed by atoms with Crippen LogP contribution < -0.4 is 5.32 Å². The molecule has 0 aromatic heterocycles. The largest absolute Gasteiger partial charge is 0.322 e. The van der Waals surface area contributed by atoms with Gasteiger partial charge in [0, 0.05) is 24.3 Å². The molecule has 0 aliphatic heterocycles. The number of amides is 1. The Balaban J connectivity index is 2.21. The van der Waals surface area contributed by atoms with Crippen molar-refractivity contribution in [3.63, 3.8) is 0 Å². The van der Waals surface area contributed by atoms with E-state index >= 15 is 0 Å². The predicted octanol–water partition coefficient (Wildman–Crippen LogP) is 3.42. The molecule has 5 nitrogen and oxygen atoms in total. The molecule has 0 fully saturated rings. The molecular formula is C18H21FN2O3S. The van der Waals surface area contributed by atoms with Gasteiger partial charge >= 0.3 is 0 Å². The van der Waals surface area contributed by atoms with Crippen LogP contribution in [0.1, 0.15) is 29.8 Å². The number of nitrogens with zero attached hydrogens (tertiary/aromatic N) is 1. The first-order valence-electron chi connectivity index (χ1n) is 7.78. The Morgan fingerprint density at radius 1 is 1.12 bits per heavy atom. The first kappa shape index (κ1) is 19.1. The second-order valence-corrected chi connectivity index (χ2v) is 8.05. The smallest absolute Gasteiger partial charge is 0.256 e. The molecule has 134 valence electrons. The zero-order valence-corrected chi connectivity index (χ0v) is 15.4. The summed E-state index contributed by atoms with van der Waals surface area (Å²) >= 11 is 0. The van der Waals surface area contributed by atoms with Crippen LogP contribution in [0.15, 0.2) is 47.4 Å². The molecular weight excluding hydrogens is 343 g/mol. The number of rotatable bonds is 5. The molecule has 0 aliphatic carbocycles. The molecule has 0 bridgehead atoms. The Hall–Kier alpha value is -2.25. The van der Waals surface area contributed by atoms with Gasteiger partial charge in [0.25, 0.3) is 5.91 Å². The Bertz CT molecular complexity index is 878. The molecule has 7 heteroatoms. The molecule has 0 aliphatic rings. The van der Waals surface area contributed by atoms with Crippen molar-refractivity contribution >= 4 is 21.6 Å². The van der Waals surface area contributed by atoms with Gasteiger partial charge in [0.1, 0.15) is 5.82 Å². The van der Waals surface area contributed by atoms with Crippen molar-refractivity contribution in [2.45, 2.75) is 31.7 Å². The van der Waals surface area contributed by atoms with E-state index in [1.807, 2.05) is 0 Å². The second-order valence-electron chi connectivity index (χ2n) is 6.05. The fourth-order valence-corrected chi connectivity index (χ4v) is 3.56. The highest BCUT2D eigenvalue weighted by atomic mass is 32.2. The Morgan fingerprint density at radius 3 is 2.28 bits per heavy atom. The zero-order valence-electron chi connectivity index (χ0n) is 14.6. The van der Waals surface area contributed by atoms with Gasteiger partial charge in [-0.2, -0.15) is 4.31 Å². The van der Waals surface area contributed by atoms with Gasteiger partial charge in [0.15, 0.2) is 0 Å². The van der Waals surface area contributed by atoms with E-state index in [0.29, 0.717) is 11.3 Å². The first-order chi connectivity index (χ1) is 11.6. The van der Waals surface area contributed by atoms with E-state index in [9.17, 15) is 17.6 Å². The topological polar surface area (TPSA) is 66.5 Å². The van der Waals surface area contributed by atoms with Gasteiger partial charge < -0.3 is 5.32 Å². The number of carbonyl (C=O) groups excluding carboxylic acids is 1. The van der Waals surface area contributed by atoms with Gasteiger partial charge in [-0.05, 0) is 62.7 Å². The van der Waals surface area contributed by atoms with Gasteiger partial charge in [0.2, 0.25) is 10.0 Å². The molecule has 0 spiro atoms. The van der Waals surface area contributed by atoms with Crippen molar-refractivity contribution < 1.29 is 17.6 Å². The summed E-state index contributed by atoms with van der Waals surface area (Å²) in [4.78, 5) is 12.4. The number of halogens is 1. The molecule has 25 heavy (non-hydrogen) atoms. The molecule has 2 rings (SSSR count). The summed E-state index contributed by atoms with van der Waals surface area (Å²) in [6.45, 7) is 5.28. The molecule has 0 radical (unpaired) electrons. The third-order valence-corrected chi connectivity index (χ3v) is 6.01. The van der Waals surface area contributed by atoms with Crippen molar-refractivity contribution in [1.82, 2.24) is 4.31 Å². The fourth-order valence-electron chi connectivity index (χ4n) is 2.19. The van der Waals surface area contributed by atoms with Crippen LogP contribution in [0.4, 0.5) is 10.1 Å². The standard InChI is InChI=1S/C18H21FN2O3S/c1-12(2)21(4)25(23,24)16-9-7-15(8-10-16)20-18(22)17-11-14(19)6-5-13(17)3/h5-12H,1-4H3,(H,20,22). The minimum atomic E-state index is -3.58. The molecule has 2 aromatic carbocycles. The maximum Gasteiger partial charge on any atom is 0.256 e. The van der Waals surface area contributed by atoms with E-state index in [1.54, 1.807) is 20.8 Å². The van der Waals surface area contributed by atoms with Crippen LogP contribution >= 0.6 is 0 Å². The maximum absolute atomic E-state index is 13.3. The predicted molar refractivity (Wildman–Crippen MR) is 95.6 cm³/mol. The number of aryl methyl sites for hydroxylation is 1. The van der Waals surface area contributed by atoms with E-state index in [-0.39, 0.29) is 16.5 Å². The lowest BCUT2D eigenvalue weighted by Crippen LogP contribution is -2.33. The fraction of sp³-hybridized carbons (Fsp3) is 0.278. The van der Waals surface area contributed by atoms with Crippen molar-refractivity contribution in [2.24, 2.45) is 0 Å². The van der Waals surface area contributed by atoms with Gasteiger partial charge in [-0.3, -0.25) is 4.79 Å². The van der Waals surface area contributed by atoms with Crippen LogP contribution in [0.25, 0.3) is 0 Å². The van der Waals surface area contributed by atoms with E-state index in [2.05, 4.69) is 5.32 Å². The molecule has 0 heterocycles. The summed E-state index contributed by atoms with van der Waals surface area (Å²) in [5.74, 6) is -0.944. The Morgan fingerprint density at radius 2 is 1.72 bits per heavy atom. The molecule has 1 amide bonds. The summed E-state index contributed by atoms with van der Waals surface area (Å²) in [5, 5.41) is 2.64. The number of anilines is 1. The second kappa shape index (κ2) is 7.33. The lowest BCUT2D eigenvalue weighted by molar-refractivity contribution is 0.102. The van der Waals surface area contributed by atoms with E-state index < -0.39 is 21.7 Å². The lowest BCUT2D eigenvalue weighted by Gasteiger charge is -2.21. The van der Waals surface area contributed by atoms with Crippen LogP contribution in [-0.2, 0) is 10.0 Å². The molecule has 0 saturated heterocycles. The first-order valence-corrected chi connectivity index (χ1v) is 9.22. The van der Waals surface area contributed by atoms with E-state index in [1.165, 1.54) is 53.8 Å². The third-order valence-electron chi connectivity index (χ3n) is 3.96. The highest BCUT2D eigenvalue weighted by Crippen LogP contribution is 2.20. The lowest BCUT2D eigenvalue weighted by atomic mass is 10.1. The minimum absolute atomic E-state index is 0.142. The average Bonchev–Trinajstić information content (AvgIpc) is 2.56. The summed E-state index contributed by atoms with van der Waals surface area (Å²) in [6, 6.07) is 9.70.